The molecule has 0 amide bonds. The van der Waals surface area contributed by atoms with Crippen LogP contribution in [0.3, 0.4) is 0 Å². The van der Waals surface area contributed by atoms with Gasteiger partial charge in [-0.25, -0.2) is 0 Å². The minimum Gasteiger partial charge on any atom is -0.494 e. The lowest BCUT2D eigenvalue weighted by Crippen LogP contribution is -2.09. The van der Waals surface area contributed by atoms with Crippen LogP contribution >= 0.6 is 11.6 Å². The van der Waals surface area contributed by atoms with Crippen molar-refractivity contribution in [3.05, 3.63) is 36.6 Å². The summed E-state index contributed by atoms with van der Waals surface area (Å²) in [7, 11) is 0. The van der Waals surface area contributed by atoms with Crippen molar-refractivity contribution in [2.24, 2.45) is 0 Å². The normalized spacial score (nSPS) is 21.6. The third-order valence-electron chi connectivity index (χ3n) is 1.81. The molecule has 3 heteroatoms. The van der Waals surface area contributed by atoms with Gasteiger partial charge in [-0.2, -0.15) is 0 Å². The highest BCUT2D eigenvalue weighted by atomic mass is 35.5. The van der Waals surface area contributed by atoms with Gasteiger partial charge in [-0.1, -0.05) is 6.08 Å². The summed E-state index contributed by atoms with van der Waals surface area (Å²) in [6.07, 6.45) is 12.0. The van der Waals surface area contributed by atoms with Crippen molar-refractivity contribution >= 4 is 17.4 Å². The van der Waals surface area contributed by atoms with Gasteiger partial charge in [-0.3, -0.25) is 4.79 Å². The first-order chi connectivity index (χ1) is 6.83. The van der Waals surface area contributed by atoms with Crippen LogP contribution in [-0.4, -0.2) is 17.8 Å². The summed E-state index contributed by atoms with van der Waals surface area (Å²) in [5.74, 6) is 0.311. The number of alkyl halides is 1. The maximum Gasteiger partial charge on any atom is 0.178 e. The number of ether oxygens (including phenoxy) is 1. The summed E-state index contributed by atoms with van der Waals surface area (Å²) in [6.45, 7) is 0. The third-order valence-corrected chi connectivity index (χ3v) is 1.99. The van der Waals surface area contributed by atoms with Gasteiger partial charge in [-0.05, 0) is 37.1 Å². The molecule has 1 atom stereocenters. The van der Waals surface area contributed by atoms with E-state index in [0.717, 1.165) is 12.8 Å². The molecule has 1 rings (SSSR count). The number of allylic oxidation sites excluding steroid dienone is 4. The van der Waals surface area contributed by atoms with E-state index in [1.54, 1.807) is 18.4 Å². The highest BCUT2D eigenvalue weighted by Gasteiger charge is 2.06. The molecule has 0 radical (unpaired) electrons. The SMILES string of the molecule is O=C(C=CCCl)C=CC1CCC=CO1. The average Bonchev–Trinajstić information content (AvgIpc) is 2.25. The first-order valence-corrected chi connectivity index (χ1v) is 5.11. The molecule has 1 aliphatic heterocycles. The molecular weight excluding hydrogens is 200 g/mol. The van der Waals surface area contributed by atoms with Gasteiger partial charge in [0.05, 0.1) is 6.26 Å². The fraction of sp³-hybridized carbons (Fsp3) is 0.364. The first kappa shape index (κ1) is 11.1. The van der Waals surface area contributed by atoms with Crippen molar-refractivity contribution in [2.75, 3.05) is 5.88 Å². The zero-order chi connectivity index (χ0) is 10.2. The van der Waals surface area contributed by atoms with E-state index in [0.29, 0.717) is 5.88 Å². The van der Waals surface area contributed by atoms with Crippen LogP contribution in [0.1, 0.15) is 12.8 Å². The van der Waals surface area contributed by atoms with Crippen LogP contribution in [0.4, 0.5) is 0 Å². The summed E-state index contributed by atoms with van der Waals surface area (Å²) in [6, 6.07) is 0. The number of carbonyl (C=O) groups excluding carboxylic acids is 1. The fourth-order valence-corrected chi connectivity index (χ4v) is 1.20. The molecular formula is C11H13ClO2. The average molecular weight is 213 g/mol. The van der Waals surface area contributed by atoms with Crippen LogP contribution in [0, 0.1) is 0 Å². The molecule has 14 heavy (non-hydrogen) atoms. The Balaban J connectivity index is 2.35. The van der Waals surface area contributed by atoms with Crippen LogP contribution in [0.25, 0.3) is 0 Å². The number of hydrogen-bond acceptors (Lipinski definition) is 2. The maximum atomic E-state index is 11.1. The lowest BCUT2D eigenvalue weighted by Gasteiger charge is -2.14. The smallest absolute Gasteiger partial charge is 0.178 e. The largest absolute Gasteiger partial charge is 0.494 e. The van der Waals surface area contributed by atoms with E-state index < -0.39 is 0 Å². The number of carbonyl (C=O) groups is 1. The van der Waals surface area contributed by atoms with Gasteiger partial charge in [0.1, 0.15) is 6.10 Å². The zero-order valence-electron chi connectivity index (χ0n) is 7.86. The molecule has 0 N–H and O–H groups in total. The molecule has 0 aromatic heterocycles. The van der Waals surface area contributed by atoms with Crippen LogP contribution in [0.2, 0.25) is 0 Å². The lowest BCUT2D eigenvalue weighted by molar-refractivity contribution is -0.110. The molecule has 0 fully saturated rings. The summed E-state index contributed by atoms with van der Waals surface area (Å²) in [4.78, 5) is 11.1. The van der Waals surface area contributed by atoms with Gasteiger partial charge in [0, 0.05) is 5.88 Å². The van der Waals surface area contributed by atoms with Crippen molar-refractivity contribution in [3.8, 4) is 0 Å². The van der Waals surface area contributed by atoms with Crippen LogP contribution in [0.5, 0.6) is 0 Å². The van der Waals surface area contributed by atoms with Gasteiger partial charge >= 0.3 is 0 Å². The van der Waals surface area contributed by atoms with E-state index >= 15 is 0 Å². The molecule has 0 saturated carbocycles. The molecule has 1 aliphatic rings. The Morgan fingerprint density at radius 1 is 1.57 bits per heavy atom. The molecule has 0 aromatic carbocycles. The van der Waals surface area contributed by atoms with Crippen molar-refractivity contribution < 1.29 is 9.53 Å². The van der Waals surface area contributed by atoms with E-state index in [2.05, 4.69) is 0 Å². The molecule has 1 heterocycles. The van der Waals surface area contributed by atoms with Crippen LogP contribution in [-0.2, 0) is 9.53 Å². The predicted octanol–water partition coefficient (Wildman–Crippen LogP) is 2.60. The topological polar surface area (TPSA) is 26.3 Å². The molecule has 0 spiro atoms. The molecule has 0 saturated heterocycles. The van der Waals surface area contributed by atoms with E-state index in [4.69, 9.17) is 16.3 Å². The maximum absolute atomic E-state index is 11.1. The van der Waals surface area contributed by atoms with Crippen molar-refractivity contribution in [2.45, 2.75) is 18.9 Å². The second-order valence-electron chi connectivity index (χ2n) is 2.94. The second-order valence-corrected chi connectivity index (χ2v) is 3.25. The van der Waals surface area contributed by atoms with E-state index in [-0.39, 0.29) is 11.9 Å². The number of halogens is 1. The Morgan fingerprint density at radius 3 is 3.07 bits per heavy atom. The first-order valence-electron chi connectivity index (χ1n) is 4.58. The third kappa shape index (κ3) is 4.28. The van der Waals surface area contributed by atoms with Gasteiger partial charge in [0.25, 0.3) is 0 Å². The molecule has 76 valence electrons. The summed E-state index contributed by atoms with van der Waals surface area (Å²) in [5.41, 5.74) is 0. The summed E-state index contributed by atoms with van der Waals surface area (Å²) in [5, 5.41) is 0. The highest BCUT2D eigenvalue weighted by Crippen LogP contribution is 2.10. The Kier molecular flexibility index (Phi) is 5.08. The van der Waals surface area contributed by atoms with Crippen LogP contribution in [0.15, 0.2) is 36.6 Å². The van der Waals surface area contributed by atoms with Gasteiger partial charge in [0.15, 0.2) is 5.78 Å². The Labute approximate surface area is 88.9 Å². The standard InChI is InChI=1S/C11H13ClO2/c12-8-3-4-10(13)6-7-11-5-1-2-9-14-11/h2-4,6-7,9,11H,1,5,8H2. The zero-order valence-corrected chi connectivity index (χ0v) is 8.61. The van der Waals surface area contributed by atoms with Gasteiger partial charge in [0.2, 0.25) is 0 Å². The van der Waals surface area contributed by atoms with Crippen molar-refractivity contribution in [1.82, 2.24) is 0 Å². The van der Waals surface area contributed by atoms with Crippen molar-refractivity contribution in [3.63, 3.8) is 0 Å². The minimum atomic E-state index is -0.0520. The number of ketones is 1. The van der Waals surface area contributed by atoms with Crippen molar-refractivity contribution in [1.29, 1.82) is 0 Å². The van der Waals surface area contributed by atoms with Gasteiger partial charge < -0.3 is 4.74 Å². The predicted molar refractivity (Wildman–Crippen MR) is 57.3 cm³/mol. The highest BCUT2D eigenvalue weighted by molar-refractivity contribution is 6.19. The van der Waals surface area contributed by atoms with Crippen LogP contribution < -0.4 is 0 Å². The Hall–Kier alpha value is -1.02. The molecule has 0 bridgehead atoms. The lowest BCUT2D eigenvalue weighted by atomic mass is 10.1. The molecule has 2 nitrogen and oxygen atoms in total. The quantitative estimate of drug-likeness (QED) is 0.529. The van der Waals surface area contributed by atoms with E-state index in [1.165, 1.54) is 12.2 Å². The molecule has 0 aromatic rings. The summed E-state index contributed by atoms with van der Waals surface area (Å²) < 4.78 is 5.26. The Bertz CT molecular complexity index is 266. The second kappa shape index (κ2) is 6.44. The number of hydrogen-bond donors (Lipinski definition) is 0. The Morgan fingerprint density at radius 2 is 2.43 bits per heavy atom. The van der Waals surface area contributed by atoms with E-state index in [9.17, 15) is 4.79 Å². The van der Waals surface area contributed by atoms with Gasteiger partial charge in [-0.15, -0.1) is 11.6 Å². The molecule has 1 unspecified atom stereocenters. The van der Waals surface area contributed by atoms with E-state index in [1.807, 2.05) is 6.08 Å². The monoisotopic (exact) mass is 212 g/mol. The molecule has 0 aliphatic carbocycles. The summed E-state index contributed by atoms with van der Waals surface area (Å²) >= 11 is 5.40. The fourth-order valence-electron chi connectivity index (χ4n) is 1.11. The minimum absolute atomic E-state index is 0.0355. The number of rotatable bonds is 4.